The zero-order valence-electron chi connectivity index (χ0n) is 14.9. The van der Waals surface area contributed by atoms with Crippen LogP contribution in [0.3, 0.4) is 0 Å². The van der Waals surface area contributed by atoms with Crippen LogP contribution in [-0.2, 0) is 17.0 Å². The summed E-state index contributed by atoms with van der Waals surface area (Å²) in [6, 6.07) is 7.14. The van der Waals surface area contributed by atoms with Crippen LogP contribution in [0.5, 0.6) is 0 Å². The molecule has 0 bridgehead atoms. The molecule has 1 aromatic heterocycles. The average Bonchev–Trinajstić information content (AvgIpc) is 3.07. The first-order valence-electron chi connectivity index (χ1n) is 8.36. The molecule has 136 valence electrons. The zero-order valence-corrected chi connectivity index (χ0v) is 15.6. The molecule has 0 saturated carbocycles. The topological polar surface area (TPSA) is 72.5 Å². The van der Waals surface area contributed by atoms with Gasteiger partial charge in [-0.25, -0.2) is 9.67 Å². The maximum atomic E-state index is 11.6. The third-order valence-electron chi connectivity index (χ3n) is 4.28. The molecular formula is C18H25ClN4O2. The summed E-state index contributed by atoms with van der Waals surface area (Å²) in [6.45, 7) is 6.69. The van der Waals surface area contributed by atoms with Gasteiger partial charge in [0, 0.05) is 10.4 Å². The molecule has 0 radical (unpaired) electrons. The molecule has 7 heteroatoms. The molecule has 0 amide bonds. The van der Waals surface area contributed by atoms with Crippen LogP contribution in [0.1, 0.15) is 39.2 Å². The highest BCUT2D eigenvalue weighted by Gasteiger charge is 2.45. The standard InChI is InChI=1S/C18H25ClN4O2/c1-4-5-10-25-22-11-17(2,3)18(24,12-23-14-20-13-21-23)15-6-8-16(19)9-7-15/h6-9,11,13-14,24H,4-5,10,12H2,1-3H3. The van der Waals surface area contributed by atoms with Crippen LogP contribution in [0.2, 0.25) is 5.02 Å². The monoisotopic (exact) mass is 364 g/mol. The van der Waals surface area contributed by atoms with Crippen molar-refractivity contribution in [3.63, 3.8) is 0 Å². The fraction of sp³-hybridized carbons (Fsp3) is 0.500. The molecule has 0 fully saturated rings. The van der Waals surface area contributed by atoms with E-state index in [1.165, 1.54) is 6.33 Å². The number of benzene rings is 1. The van der Waals surface area contributed by atoms with Gasteiger partial charge in [0.2, 0.25) is 0 Å². The summed E-state index contributed by atoms with van der Waals surface area (Å²) >= 11 is 6.00. The SMILES string of the molecule is CCCCON=CC(C)(C)C(O)(Cn1cncn1)c1ccc(Cl)cc1. The van der Waals surface area contributed by atoms with Gasteiger partial charge in [0.15, 0.2) is 0 Å². The van der Waals surface area contributed by atoms with Crippen LogP contribution in [0.15, 0.2) is 42.1 Å². The number of aliphatic hydroxyl groups is 1. The van der Waals surface area contributed by atoms with E-state index < -0.39 is 11.0 Å². The van der Waals surface area contributed by atoms with E-state index in [1.54, 1.807) is 29.4 Å². The summed E-state index contributed by atoms with van der Waals surface area (Å²) in [5, 5.41) is 20.4. The minimum absolute atomic E-state index is 0.225. The summed E-state index contributed by atoms with van der Waals surface area (Å²) in [5.41, 5.74) is -1.28. The van der Waals surface area contributed by atoms with Crippen molar-refractivity contribution in [2.75, 3.05) is 6.61 Å². The van der Waals surface area contributed by atoms with Gasteiger partial charge in [-0.3, -0.25) is 0 Å². The number of rotatable bonds is 9. The molecule has 2 rings (SSSR count). The lowest BCUT2D eigenvalue weighted by molar-refractivity contribution is -0.0555. The Kier molecular flexibility index (Phi) is 6.56. The number of halogens is 1. The van der Waals surface area contributed by atoms with E-state index >= 15 is 0 Å². The molecule has 2 aromatic rings. The van der Waals surface area contributed by atoms with Crippen LogP contribution < -0.4 is 0 Å². The van der Waals surface area contributed by atoms with Gasteiger partial charge in [0.25, 0.3) is 0 Å². The minimum atomic E-state index is -1.27. The molecule has 1 N–H and O–H groups in total. The Labute approximate surface area is 153 Å². The van der Waals surface area contributed by atoms with Crippen molar-refractivity contribution < 1.29 is 9.94 Å². The van der Waals surface area contributed by atoms with E-state index in [9.17, 15) is 5.11 Å². The molecular weight excluding hydrogens is 340 g/mol. The van der Waals surface area contributed by atoms with Gasteiger partial charge in [-0.1, -0.05) is 56.1 Å². The predicted octanol–water partition coefficient (Wildman–Crippen LogP) is 3.65. The van der Waals surface area contributed by atoms with Crippen LogP contribution in [-0.4, -0.2) is 32.7 Å². The summed E-state index contributed by atoms with van der Waals surface area (Å²) in [7, 11) is 0. The van der Waals surface area contributed by atoms with Gasteiger partial charge in [-0.15, -0.1) is 0 Å². The molecule has 0 aliphatic rings. The van der Waals surface area contributed by atoms with Crippen molar-refractivity contribution in [3.05, 3.63) is 47.5 Å². The maximum absolute atomic E-state index is 11.6. The lowest BCUT2D eigenvalue weighted by atomic mass is 9.71. The van der Waals surface area contributed by atoms with E-state index in [0.717, 1.165) is 18.4 Å². The van der Waals surface area contributed by atoms with Crippen LogP contribution in [0, 0.1) is 5.41 Å². The Morgan fingerprint density at radius 3 is 2.64 bits per heavy atom. The van der Waals surface area contributed by atoms with Crippen molar-refractivity contribution in [3.8, 4) is 0 Å². The van der Waals surface area contributed by atoms with E-state index in [0.29, 0.717) is 11.6 Å². The van der Waals surface area contributed by atoms with Gasteiger partial charge < -0.3 is 9.94 Å². The van der Waals surface area contributed by atoms with E-state index in [1.807, 2.05) is 26.0 Å². The van der Waals surface area contributed by atoms with Gasteiger partial charge in [-0.05, 0) is 24.1 Å². The number of hydrogen-bond donors (Lipinski definition) is 1. The van der Waals surface area contributed by atoms with Gasteiger partial charge in [0.05, 0.1) is 12.8 Å². The van der Waals surface area contributed by atoms with Crippen molar-refractivity contribution in [1.82, 2.24) is 14.8 Å². The normalized spacial score (nSPS) is 14.6. The van der Waals surface area contributed by atoms with Crippen LogP contribution in [0.4, 0.5) is 0 Å². The second kappa shape index (κ2) is 8.45. The fourth-order valence-corrected chi connectivity index (χ4v) is 2.60. The number of nitrogens with zero attached hydrogens (tertiary/aromatic N) is 4. The second-order valence-electron chi connectivity index (χ2n) is 6.60. The largest absolute Gasteiger partial charge is 0.396 e. The summed E-state index contributed by atoms with van der Waals surface area (Å²) < 4.78 is 1.60. The highest BCUT2D eigenvalue weighted by atomic mass is 35.5. The fourth-order valence-electron chi connectivity index (χ4n) is 2.48. The molecule has 1 unspecified atom stereocenters. The van der Waals surface area contributed by atoms with Crippen molar-refractivity contribution >= 4 is 17.8 Å². The number of oxime groups is 1. The predicted molar refractivity (Wildman–Crippen MR) is 98.5 cm³/mol. The molecule has 25 heavy (non-hydrogen) atoms. The van der Waals surface area contributed by atoms with Crippen LogP contribution in [0.25, 0.3) is 0 Å². The maximum Gasteiger partial charge on any atom is 0.137 e. The Bertz CT molecular complexity index is 671. The Morgan fingerprint density at radius 2 is 2.04 bits per heavy atom. The average molecular weight is 365 g/mol. The van der Waals surface area contributed by atoms with Gasteiger partial charge in [-0.2, -0.15) is 5.10 Å². The molecule has 1 aromatic carbocycles. The summed E-state index contributed by atoms with van der Waals surface area (Å²) in [5.74, 6) is 0. The Morgan fingerprint density at radius 1 is 1.32 bits per heavy atom. The lowest BCUT2D eigenvalue weighted by Crippen LogP contribution is -2.46. The molecule has 1 atom stereocenters. The molecule has 0 aliphatic carbocycles. The first-order chi connectivity index (χ1) is 11.9. The molecule has 0 aliphatic heterocycles. The lowest BCUT2D eigenvalue weighted by Gasteiger charge is -2.40. The molecule has 1 heterocycles. The minimum Gasteiger partial charge on any atom is -0.396 e. The molecule has 6 nitrogen and oxygen atoms in total. The molecule has 0 saturated heterocycles. The number of unbranched alkanes of at least 4 members (excludes halogenated alkanes) is 1. The molecule has 0 spiro atoms. The van der Waals surface area contributed by atoms with Crippen molar-refractivity contribution in [2.45, 2.75) is 45.8 Å². The Hall–Kier alpha value is -1.92. The quantitative estimate of drug-likeness (QED) is 0.419. The smallest absolute Gasteiger partial charge is 0.137 e. The number of hydrogen-bond acceptors (Lipinski definition) is 5. The highest BCUT2D eigenvalue weighted by Crippen LogP contribution is 2.40. The zero-order chi connectivity index (χ0) is 18.3. The first kappa shape index (κ1) is 19.4. The van der Waals surface area contributed by atoms with E-state index in [4.69, 9.17) is 16.4 Å². The number of aromatic nitrogens is 3. The van der Waals surface area contributed by atoms with E-state index in [-0.39, 0.29) is 6.54 Å². The summed E-state index contributed by atoms with van der Waals surface area (Å²) in [6.07, 6.45) is 6.65. The highest BCUT2D eigenvalue weighted by molar-refractivity contribution is 6.30. The third kappa shape index (κ3) is 4.80. The summed E-state index contributed by atoms with van der Waals surface area (Å²) in [4.78, 5) is 9.25. The first-order valence-corrected chi connectivity index (χ1v) is 8.74. The van der Waals surface area contributed by atoms with Crippen LogP contribution >= 0.6 is 11.6 Å². The van der Waals surface area contributed by atoms with Gasteiger partial charge in [0.1, 0.15) is 24.9 Å². The van der Waals surface area contributed by atoms with Gasteiger partial charge >= 0.3 is 0 Å². The van der Waals surface area contributed by atoms with E-state index in [2.05, 4.69) is 22.2 Å². The van der Waals surface area contributed by atoms with Crippen molar-refractivity contribution in [1.29, 1.82) is 0 Å². The Balaban J connectivity index is 2.30. The van der Waals surface area contributed by atoms with Crippen molar-refractivity contribution in [2.24, 2.45) is 10.6 Å². The second-order valence-corrected chi connectivity index (χ2v) is 7.04. The third-order valence-corrected chi connectivity index (χ3v) is 4.54.